The zero-order valence-corrected chi connectivity index (χ0v) is 27.2. The molecular weight excluding hydrogens is 708 g/mol. The van der Waals surface area contributed by atoms with Gasteiger partial charge in [-0.1, -0.05) is 12.1 Å². The number of carbonyl (C=O) groups excluding carboxylic acids is 1. The summed E-state index contributed by atoms with van der Waals surface area (Å²) in [6.07, 6.45) is -13.4. The molecule has 282 valence electrons. The summed E-state index contributed by atoms with van der Waals surface area (Å²) in [6, 6.07) is 10.9. The number of phenolic OH excluding ortho intramolecular Hbond substituents is 5. The van der Waals surface area contributed by atoms with Crippen LogP contribution in [0.25, 0.3) is 28.4 Å². The Balaban J connectivity index is 1.37. The highest BCUT2D eigenvalue weighted by Gasteiger charge is 2.49. The molecule has 0 spiro atoms. The smallest absolute Gasteiger partial charge is 0.331 e. The molecule has 2 aliphatic rings. The zero-order chi connectivity index (χ0) is 38.1. The fraction of sp³-hybridized carbons (Fsp3) is 0.314. The number of hydrogen-bond donors (Lipinski definition) is 10. The van der Waals surface area contributed by atoms with Gasteiger partial charge < -0.3 is 79.2 Å². The van der Waals surface area contributed by atoms with Crippen molar-refractivity contribution in [2.24, 2.45) is 0 Å². The number of carbonyl (C=O) groups is 1. The lowest BCUT2D eigenvalue weighted by Gasteiger charge is -2.42. The highest BCUT2D eigenvalue weighted by Crippen LogP contribution is 2.40. The molecule has 2 fully saturated rings. The number of aliphatic hydroxyl groups excluding tert-OH is 5. The third kappa shape index (κ3) is 7.84. The molecule has 0 bridgehead atoms. The maximum absolute atomic E-state index is 14.0. The van der Waals surface area contributed by atoms with Crippen molar-refractivity contribution in [1.29, 1.82) is 0 Å². The van der Waals surface area contributed by atoms with E-state index in [0.717, 1.165) is 30.3 Å². The molecular formula is C35H34O18. The van der Waals surface area contributed by atoms with Gasteiger partial charge >= 0.3 is 5.97 Å². The van der Waals surface area contributed by atoms with Crippen LogP contribution in [0.5, 0.6) is 34.5 Å². The van der Waals surface area contributed by atoms with Crippen molar-refractivity contribution in [3.63, 3.8) is 0 Å². The summed E-state index contributed by atoms with van der Waals surface area (Å²) in [4.78, 5) is 27.0. The number of benzene rings is 3. The Morgan fingerprint density at radius 3 is 2.25 bits per heavy atom. The van der Waals surface area contributed by atoms with Crippen LogP contribution in [0.2, 0.25) is 0 Å². The van der Waals surface area contributed by atoms with Crippen LogP contribution in [-0.2, 0) is 23.7 Å². The molecule has 18 heteroatoms. The Hall–Kier alpha value is -5.44. The summed E-state index contributed by atoms with van der Waals surface area (Å²) in [5.74, 6) is -4.71. The van der Waals surface area contributed by atoms with E-state index >= 15 is 0 Å². The number of phenols is 5. The standard InChI is InChI=1S/C35H34O18/c36-16-5-1-14(2-6-16)3-8-24(42)52-33-29(46)27(44)23(13-49-34-30(47)26(43)21(41)12-48-34)51-35(33)53-32-28(45)25-20(40)10-17(37)11-22(25)50-31(32)15-4-7-18(38)19(39)9-15/h1-11,21,23,26-27,29-30,33-41,43-44,46-47H,12-13H2/b8-3+. The van der Waals surface area contributed by atoms with Crippen LogP contribution < -0.4 is 10.2 Å². The van der Waals surface area contributed by atoms with E-state index in [4.69, 9.17) is 28.1 Å². The highest BCUT2D eigenvalue weighted by atomic mass is 16.7. The van der Waals surface area contributed by atoms with E-state index in [2.05, 4.69) is 0 Å². The normalized spacial score (nSPS) is 27.5. The summed E-state index contributed by atoms with van der Waals surface area (Å²) in [5, 5.41) is 102. The zero-order valence-electron chi connectivity index (χ0n) is 27.2. The first-order valence-electron chi connectivity index (χ1n) is 15.9. The maximum Gasteiger partial charge on any atom is 0.331 e. The third-order valence-electron chi connectivity index (χ3n) is 8.47. The predicted molar refractivity (Wildman–Crippen MR) is 177 cm³/mol. The largest absolute Gasteiger partial charge is 0.508 e. The second-order valence-electron chi connectivity index (χ2n) is 12.2. The van der Waals surface area contributed by atoms with Gasteiger partial charge in [-0.2, -0.15) is 0 Å². The molecule has 53 heavy (non-hydrogen) atoms. The van der Waals surface area contributed by atoms with E-state index in [0.29, 0.717) is 5.56 Å². The van der Waals surface area contributed by atoms with Crippen molar-refractivity contribution >= 4 is 23.0 Å². The van der Waals surface area contributed by atoms with Crippen molar-refractivity contribution in [2.45, 2.75) is 55.3 Å². The maximum atomic E-state index is 14.0. The molecule has 0 radical (unpaired) electrons. The van der Waals surface area contributed by atoms with Crippen molar-refractivity contribution in [1.82, 2.24) is 0 Å². The van der Waals surface area contributed by atoms with Crippen molar-refractivity contribution in [3.8, 4) is 45.8 Å². The van der Waals surface area contributed by atoms with Gasteiger partial charge in [0.1, 0.15) is 64.8 Å². The molecule has 0 amide bonds. The summed E-state index contributed by atoms with van der Waals surface area (Å²) in [6.45, 7) is -1.09. The van der Waals surface area contributed by atoms with Crippen LogP contribution >= 0.6 is 0 Å². The lowest BCUT2D eigenvalue weighted by molar-refractivity contribution is -0.308. The number of aliphatic hydroxyl groups is 5. The van der Waals surface area contributed by atoms with Gasteiger partial charge in [-0.25, -0.2) is 4.79 Å². The van der Waals surface area contributed by atoms with Crippen LogP contribution in [0.3, 0.4) is 0 Å². The average Bonchev–Trinajstić information content (AvgIpc) is 3.12. The first-order valence-corrected chi connectivity index (χ1v) is 15.9. The van der Waals surface area contributed by atoms with Gasteiger partial charge in [-0.15, -0.1) is 0 Å². The number of fused-ring (bicyclic) bond motifs is 1. The van der Waals surface area contributed by atoms with Gasteiger partial charge in [0.25, 0.3) is 0 Å². The number of ether oxygens (including phenoxy) is 5. The fourth-order valence-electron chi connectivity index (χ4n) is 5.65. The van der Waals surface area contributed by atoms with Gasteiger partial charge in [0, 0.05) is 23.8 Å². The summed E-state index contributed by atoms with van der Waals surface area (Å²) in [5.41, 5.74) is -1.03. The monoisotopic (exact) mass is 742 g/mol. The van der Waals surface area contributed by atoms with Gasteiger partial charge in [-0.05, 0) is 42.0 Å². The summed E-state index contributed by atoms with van der Waals surface area (Å²) < 4.78 is 33.8. The van der Waals surface area contributed by atoms with Gasteiger partial charge in [0.05, 0.1) is 13.2 Å². The first-order chi connectivity index (χ1) is 25.2. The van der Waals surface area contributed by atoms with E-state index in [9.17, 15) is 60.7 Å². The Bertz CT molecular complexity index is 2040. The molecule has 9 atom stereocenters. The number of hydrogen-bond acceptors (Lipinski definition) is 18. The Kier molecular flexibility index (Phi) is 10.8. The average molecular weight is 743 g/mol. The fourth-order valence-corrected chi connectivity index (χ4v) is 5.65. The molecule has 4 aromatic rings. The van der Waals surface area contributed by atoms with Crippen molar-refractivity contribution in [3.05, 3.63) is 76.5 Å². The second kappa shape index (κ2) is 15.3. The summed E-state index contributed by atoms with van der Waals surface area (Å²) in [7, 11) is 0. The highest BCUT2D eigenvalue weighted by molar-refractivity contribution is 5.89. The minimum absolute atomic E-state index is 0.0248. The van der Waals surface area contributed by atoms with Crippen molar-refractivity contribution in [2.75, 3.05) is 13.2 Å². The van der Waals surface area contributed by atoms with Crippen LogP contribution in [0, 0.1) is 0 Å². The van der Waals surface area contributed by atoms with E-state index < -0.39 is 120 Å². The molecule has 2 saturated heterocycles. The Morgan fingerprint density at radius 2 is 1.53 bits per heavy atom. The molecule has 1 aromatic heterocycles. The SMILES string of the molecule is O=C(/C=C/c1ccc(O)cc1)OC1C(Oc2c(-c3ccc(O)c(O)c3)oc3cc(O)cc(O)c3c2=O)OC(COC2OCC(O)C(O)C2O)C(O)C1O. The quantitative estimate of drug-likeness (QED) is 0.0608. The first kappa shape index (κ1) is 37.3. The molecule has 9 unspecified atom stereocenters. The molecule has 0 aliphatic carbocycles. The van der Waals surface area contributed by atoms with Crippen LogP contribution in [0.15, 0.2) is 69.9 Å². The van der Waals surface area contributed by atoms with Crippen LogP contribution in [0.1, 0.15) is 5.56 Å². The predicted octanol–water partition coefficient (Wildman–Crippen LogP) is -0.106. The topological polar surface area (TPSA) is 296 Å². The van der Waals surface area contributed by atoms with Crippen LogP contribution in [0.4, 0.5) is 0 Å². The number of aromatic hydroxyl groups is 5. The molecule has 3 aromatic carbocycles. The van der Waals surface area contributed by atoms with E-state index in [1.54, 1.807) is 0 Å². The Labute approximate surface area is 297 Å². The molecule has 2 aliphatic heterocycles. The van der Waals surface area contributed by atoms with E-state index in [1.165, 1.54) is 36.4 Å². The number of esters is 1. The molecule has 3 heterocycles. The lowest BCUT2D eigenvalue weighted by Crippen LogP contribution is -2.62. The van der Waals surface area contributed by atoms with Gasteiger partial charge in [0.2, 0.25) is 17.5 Å². The molecule has 6 rings (SSSR count). The Morgan fingerprint density at radius 1 is 0.792 bits per heavy atom. The lowest BCUT2D eigenvalue weighted by atomic mass is 9.98. The van der Waals surface area contributed by atoms with Gasteiger partial charge in [0.15, 0.2) is 29.7 Å². The molecule has 18 nitrogen and oxygen atoms in total. The van der Waals surface area contributed by atoms with Gasteiger partial charge in [-0.3, -0.25) is 4.79 Å². The third-order valence-corrected chi connectivity index (χ3v) is 8.47. The molecule has 0 saturated carbocycles. The van der Waals surface area contributed by atoms with Crippen LogP contribution in [-0.4, -0.2) is 126 Å². The second-order valence-corrected chi connectivity index (χ2v) is 12.2. The summed E-state index contributed by atoms with van der Waals surface area (Å²) >= 11 is 0. The minimum atomic E-state index is -2.02. The molecule has 10 N–H and O–H groups in total. The van der Waals surface area contributed by atoms with Crippen molar-refractivity contribution < 1.29 is 84.0 Å². The number of rotatable bonds is 9. The van der Waals surface area contributed by atoms with E-state index in [1.807, 2.05) is 0 Å². The van der Waals surface area contributed by atoms with E-state index in [-0.39, 0.29) is 16.9 Å². The minimum Gasteiger partial charge on any atom is -0.508 e.